The average molecular weight is 377 g/mol. The van der Waals surface area contributed by atoms with E-state index in [1.807, 2.05) is 0 Å². The molecule has 1 amide bonds. The Labute approximate surface area is 152 Å². The largest absolute Gasteiger partial charge is 0.306 e. The molecule has 0 saturated carbocycles. The number of alkyl halides is 2. The van der Waals surface area contributed by atoms with Crippen LogP contribution in [0.3, 0.4) is 0 Å². The normalized spacial score (nSPS) is 11.0. The predicted octanol–water partition coefficient (Wildman–Crippen LogP) is 4.89. The van der Waals surface area contributed by atoms with Crippen LogP contribution in [-0.2, 0) is 0 Å². The number of carbonyl (C=O) groups excluding carboxylic acids is 1. The lowest BCUT2D eigenvalue weighted by Crippen LogP contribution is -2.15. The molecule has 1 aromatic heterocycles. The summed E-state index contributed by atoms with van der Waals surface area (Å²) in [5.74, 6) is -2.86. The summed E-state index contributed by atoms with van der Waals surface area (Å²) in [4.78, 5) is 12.8. The molecule has 0 aliphatic rings. The Morgan fingerprint density at radius 1 is 1.12 bits per heavy atom. The van der Waals surface area contributed by atoms with Gasteiger partial charge in [0.2, 0.25) is 0 Å². The van der Waals surface area contributed by atoms with Crippen LogP contribution >= 0.6 is 11.8 Å². The summed E-state index contributed by atoms with van der Waals surface area (Å²) < 4.78 is 39.3. The van der Waals surface area contributed by atoms with Gasteiger partial charge in [0, 0.05) is 16.5 Å². The quantitative estimate of drug-likeness (QED) is 0.644. The molecule has 4 nitrogen and oxygen atoms in total. The first-order chi connectivity index (χ1) is 12.4. The molecule has 0 fully saturated rings. The zero-order chi connectivity index (χ0) is 18.7. The number of benzene rings is 2. The monoisotopic (exact) mass is 377 g/mol. The van der Waals surface area contributed by atoms with Gasteiger partial charge in [-0.1, -0.05) is 11.8 Å². The minimum atomic E-state index is -2.51. The van der Waals surface area contributed by atoms with Gasteiger partial charge in [0.15, 0.2) is 0 Å². The van der Waals surface area contributed by atoms with E-state index in [1.54, 1.807) is 25.1 Å². The van der Waals surface area contributed by atoms with Crippen LogP contribution in [0, 0.1) is 12.7 Å². The van der Waals surface area contributed by atoms with Crippen LogP contribution in [0.1, 0.15) is 16.1 Å². The van der Waals surface area contributed by atoms with Crippen molar-refractivity contribution in [2.45, 2.75) is 17.6 Å². The number of amides is 1. The summed E-state index contributed by atoms with van der Waals surface area (Å²) >= 11 is 0.417. The highest BCUT2D eigenvalue weighted by molar-refractivity contribution is 7.99. The Morgan fingerprint density at radius 2 is 1.77 bits per heavy atom. The zero-order valence-electron chi connectivity index (χ0n) is 13.6. The highest BCUT2D eigenvalue weighted by Gasteiger charge is 2.13. The van der Waals surface area contributed by atoms with Gasteiger partial charge in [-0.2, -0.15) is 13.9 Å². The van der Waals surface area contributed by atoms with Crippen molar-refractivity contribution in [2.75, 3.05) is 5.32 Å². The molecule has 0 aliphatic carbocycles. The van der Waals surface area contributed by atoms with Crippen molar-refractivity contribution in [1.82, 2.24) is 9.78 Å². The highest BCUT2D eigenvalue weighted by Crippen LogP contribution is 2.25. The van der Waals surface area contributed by atoms with Crippen LogP contribution < -0.4 is 5.32 Å². The summed E-state index contributed by atoms with van der Waals surface area (Å²) in [5, 5.41) is 7.03. The van der Waals surface area contributed by atoms with E-state index in [2.05, 4.69) is 10.4 Å². The van der Waals surface area contributed by atoms with Crippen LogP contribution in [0.2, 0.25) is 0 Å². The van der Waals surface area contributed by atoms with Crippen LogP contribution in [0.15, 0.2) is 59.5 Å². The standard InChI is InChI=1S/C18H14F3N3OS/c1-11-10-16(24(23-11)14-6-4-13(19)5-7-14)22-17(25)12-2-8-15(9-3-12)26-18(20)21/h2-10,18H,1H3,(H,22,25). The molecule has 0 aliphatic heterocycles. The first-order valence-electron chi connectivity index (χ1n) is 7.61. The van der Waals surface area contributed by atoms with Crippen molar-refractivity contribution < 1.29 is 18.0 Å². The second-order valence-corrected chi connectivity index (χ2v) is 6.48. The van der Waals surface area contributed by atoms with E-state index in [9.17, 15) is 18.0 Å². The molecule has 0 atom stereocenters. The highest BCUT2D eigenvalue weighted by atomic mass is 32.2. The van der Waals surface area contributed by atoms with Gasteiger partial charge in [-0.15, -0.1) is 0 Å². The molecule has 8 heteroatoms. The van der Waals surface area contributed by atoms with Crippen LogP contribution in [0.4, 0.5) is 19.0 Å². The Hall–Kier alpha value is -2.74. The number of aromatic nitrogens is 2. The molecule has 0 saturated heterocycles. The SMILES string of the molecule is Cc1cc(NC(=O)c2ccc(SC(F)F)cc2)n(-c2ccc(F)cc2)n1. The van der Waals surface area contributed by atoms with Gasteiger partial charge in [0.1, 0.15) is 11.6 Å². The first kappa shape index (κ1) is 18.1. The smallest absolute Gasteiger partial charge is 0.288 e. The van der Waals surface area contributed by atoms with Crippen molar-refractivity contribution in [3.8, 4) is 5.69 Å². The lowest BCUT2D eigenvalue weighted by molar-refractivity contribution is 0.102. The number of carbonyl (C=O) groups is 1. The van der Waals surface area contributed by atoms with Crippen LogP contribution in [0.5, 0.6) is 0 Å². The number of anilines is 1. The molecule has 26 heavy (non-hydrogen) atoms. The fourth-order valence-electron chi connectivity index (χ4n) is 2.34. The zero-order valence-corrected chi connectivity index (χ0v) is 14.4. The van der Waals surface area contributed by atoms with Gasteiger partial charge in [-0.05, 0) is 55.5 Å². The average Bonchev–Trinajstić information content (AvgIpc) is 2.96. The lowest BCUT2D eigenvalue weighted by atomic mass is 10.2. The van der Waals surface area contributed by atoms with E-state index in [0.717, 1.165) is 0 Å². The van der Waals surface area contributed by atoms with Gasteiger partial charge < -0.3 is 5.32 Å². The molecular formula is C18H14F3N3OS. The third-order valence-corrected chi connectivity index (χ3v) is 4.21. The second kappa shape index (κ2) is 7.65. The number of hydrogen-bond acceptors (Lipinski definition) is 3. The predicted molar refractivity (Wildman–Crippen MR) is 94.5 cm³/mol. The fourth-order valence-corrected chi connectivity index (χ4v) is 2.84. The maximum atomic E-state index is 13.1. The Bertz CT molecular complexity index is 908. The van der Waals surface area contributed by atoms with Crippen molar-refractivity contribution in [3.05, 3.63) is 71.7 Å². The molecule has 0 bridgehead atoms. The lowest BCUT2D eigenvalue weighted by Gasteiger charge is -2.09. The molecule has 1 heterocycles. The molecule has 3 rings (SSSR count). The fraction of sp³-hybridized carbons (Fsp3) is 0.111. The van der Waals surface area contributed by atoms with E-state index in [-0.39, 0.29) is 5.82 Å². The molecule has 3 aromatic rings. The van der Waals surface area contributed by atoms with Crippen LogP contribution in [0.25, 0.3) is 5.69 Å². The summed E-state index contributed by atoms with van der Waals surface area (Å²) in [6, 6.07) is 13.3. The molecule has 0 spiro atoms. The van der Waals surface area contributed by atoms with E-state index in [0.29, 0.717) is 39.4 Å². The van der Waals surface area contributed by atoms with Crippen molar-refractivity contribution in [1.29, 1.82) is 0 Å². The molecule has 0 radical (unpaired) electrons. The summed E-state index contributed by atoms with van der Waals surface area (Å²) in [5.41, 5.74) is 1.60. The number of halogens is 3. The van der Waals surface area contributed by atoms with E-state index < -0.39 is 11.7 Å². The van der Waals surface area contributed by atoms with Gasteiger partial charge in [0.25, 0.3) is 11.7 Å². The minimum absolute atomic E-state index is 0.327. The molecule has 1 N–H and O–H groups in total. The Kier molecular flexibility index (Phi) is 5.32. The van der Waals surface area contributed by atoms with Gasteiger partial charge in [0.05, 0.1) is 11.4 Å². The first-order valence-corrected chi connectivity index (χ1v) is 8.49. The van der Waals surface area contributed by atoms with E-state index in [4.69, 9.17) is 0 Å². The summed E-state index contributed by atoms with van der Waals surface area (Å²) in [6.45, 7) is 1.77. The van der Waals surface area contributed by atoms with Crippen molar-refractivity contribution >= 4 is 23.5 Å². The van der Waals surface area contributed by atoms with Gasteiger partial charge >= 0.3 is 0 Å². The third kappa shape index (κ3) is 4.26. The van der Waals surface area contributed by atoms with Crippen molar-refractivity contribution in [3.63, 3.8) is 0 Å². The minimum Gasteiger partial charge on any atom is -0.306 e. The number of aryl methyl sites for hydroxylation is 1. The van der Waals surface area contributed by atoms with Gasteiger partial charge in [-0.25, -0.2) is 9.07 Å². The van der Waals surface area contributed by atoms with E-state index in [1.165, 1.54) is 41.1 Å². The Balaban J connectivity index is 1.80. The number of nitrogens with one attached hydrogen (secondary N) is 1. The molecule has 2 aromatic carbocycles. The summed E-state index contributed by atoms with van der Waals surface area (Å²) in [6.07, 6.45) is 0. The number of nitrogens with zero attached hydrogens (tertiary/aromatic N) is 2. The molecular weight excluding hydrogens is 363 g/mol. The van der Waals surface area contributed by atoms with Crippen molar-refractivity contribution in [2.24, 2.45) is 0 Å². The topological polar surface area (TPSA) is 46.9 Å². The van der Waals surface area contributed by atoms with Gasteiger partial charge in [-0.3, -0.25) is 4.79 Å². The third-order valence-electron chi connectivity index (χ3n) is 3.49. The maximum absolute atomic E-state index is 13.1. The maximum Gasteiger partial charge on any atom is 0.288 e. The summed E-state index contributed by atoms with van der Waals surface area (Å²) in [7, 11) is 0. The van der Waals surface area contributed by atoms with E-state index >= 15 is 0 Å². The van der Waals surface area contributed by atoms with Crippen LogP contribution in [-0.4, -0.2) is 21.4 Å². The number of thioether (sulfide) groups is 1. The number of hydrogen-bond donors (Lipinski definition) is 1. The molecule has 0 unspecified atom stereocenters. The molecule has 134 valence electrons. The Morgan fingerprint density at radius 3 is 2.38 bits per heavy atom. The number of rotatable bonds is 5. The second-order valence-electron chi connectivity index (χ2n) is 5.42.